The van der Waals surface area contributed by atoms with Gasteiger partial charge in [-0.2, -0.15) is 0 Å². The third-order valence-corrected chi connectivity index (χ3v) is 7.14. The van der Waals surface area contributed by atoms with Gasteiger partial charge in [-0.1, -0.05) is 67.6 Å². The zero-order chi connectivity index (χ0) is 22.8. The van der Waals surface area contributed by atoms with Crippen LogP contribution in [-0.4, -0.2) is 41.4 Å². The second-order valence-corrected chi connectivity index (χ2v) is 9.43. The fraction of sp³-hybridized carbons (Fsp3) is 0.423. The Hall–Kier alpha value is -3.15. The Kier molecular flexibility index (Phi) is 6.04. The number of rotatable bonds is 6. The van der Waals surface area contributed by atoms with E-state index in [0.29, 0.717) is 25.3 Å². The number of imide groups is 1. The van der Waals surface area contributed by atoms with E-state index < -0.39 is 17.0 Å². The largest absolute Gasteiger partial charge is 0.353 e. The zero-order valence-electron chi connectivity index (χ0n) is 18.8. The van der Waals surface area contributed by atoms with Gasteiger partial charge in [0, 0.05) is 12.0 Å². The molecule has 32 heavy (non-hydrogen) atoms. The van der Waals surface area contributed by atoms with E-state index in [1.54, 1.807) is 0 Å². The number of hydrogen-bond donors (Lipinski definition) is 2. The number of nitrogens with one attached hydrogen (secondary N) is 2. The number of carbonyl (C=O) groups is 3. The second-order valence-electron chi connectivity index (χ2n) is 9.43. The van der Waals surface area contributed by atoms with Crippen LogP contribution < -0.4 is 10.6 Å². The van der Waals surface area contributed by atoms with E-state index in [1.165, 1.54) is 0 Å². The molecule has 6 heteroatoms. The molecule has 2 aromatic carbocycles. The number of amides is 4. The molecule has 168 valence electrons. The van der Waals surface area contributed by atoms with Crippen molar-refractivity contribution >= 4 is 17.8 Å². The van der Waals surface area contributed by atoms with E-state index in [9.17, 15) is 14.4 Å². The Morgan fingerprint density at radius 3 is 2.09 bits per heavy atom. The first kappa shape index (κ1) is 22.1. The lowest BCUT2D eigenvalue weighted by atomic mass is 9.76. The lowest BCUT2D eigenvalue weighted by molar-refractivity contribution is -0.136. The summed E-state index contributed by atoms with van der Waals surface area (Å²) >= 11 is 0. The molecule has 1 aliphatic carbocycles. The molecular formula is C26H31N3O3. The molecule has 0 radical (unpaired) electrons. The number of carbonyl (C=O) groups excluding carboxylic acids is 3. The number of nitrogens with zero attached hydrogens (tertiary/aromatic N) is 1. The number of urea groups is 1. The van der Waals surface area contributed by atoms with Gasteiger partial charge in [0.15, 0.2) is 0 Å². The van der Waals surface area contributed by atoms with E-state index in [4.69, 9.17) is 0 Å². The third-order valence-electron chi connectivity index (χ3n) is 7.14. The Morgan fingerprint density at radius 2 is 1.56 bits per heavy atom. The topological polar surface area (TPSA) is 78.5 Å². The zero-order valence-corrected chi connectivity index (χ0v) is 18.8. The summed E-state index contributed by atoms with van der Waals surface area (Å²) in [5.41, 5.74) is 0.886. The van der Waals surface area contributed by atoms with Gasteiger partial charge >= 0.3 is 6.03 Å². The van der Waals surface area contributed by atoms with Gasteiger partial charge in [-0.25, -0.2) is 4.79 Å². The fourth-order valence-electron chi connectivity index (χ4n) is 4.87. The van der Waals surface area contributed by atoms with Crippen molar-refractivity contribution in [1.82, 2.24) is 15.5 Å². The first-order valence-electron chi connectivity index (χ1n) is 11.4. The first-order valence-corrected chi connectivity index (χ1v) is 11.4. The minimum absolute atomic E-state index is 0.262. The minimum Gasteiger partial charge on any atom is -0.353 e. The lowest BCUT2D eigenvalue weighted by Gasteiger charge is -2.33. The molecular weight excluding hydrogens is 402 g/mol. The van der Waals surface area contributed by atoms with Gasteiger partial charge in [0.1, 0.15) is 12.1 Å². The van der Waals surface area contributed by atoms with Crippen molar-refractivity contribution in [3.05, 3.63) is 71.8 Å². The van der Waals surface area contributed by atoms with Gasteiger partial charge in [0.05, 0.1) is 0 Å². The Labute approximate surface area is 189 Å². The Bertz CT molecular complexity index is 942. The fourth-order valence-corrected chi connectivity index (χ4v) is 4.87. The molecule has 1 aliphatic heterocycles. The summed E-state index contributed by atoms with van der Waals surface area (Å²) in [4.78, 5) is 39.5. The molecule has 0 bridgehead atoms. The molecule has 2 N–H and O–H groups in total. The highest BCUT2D eigenvalue weighted by Crippen LogP contribution is 2.36. The lowest BCUT2D eigenvalue weighted by Crippen LogP contribution is -2.50. The van der Waals surface area contributed by atoms with Crippen molar-refractivity contribution in [3.63, 3.8) is 0 Å². The smallest absolute Gasteiger partial charge is 0.325 e. The predicted octanol–water partition coefficient (Wildman–Crippen LogP) is 3.61. The van der Waals surface area contributed by atoms with Crippen LogP contribution in [0.1, 0.15) is 50.7 Å². The summed E-state index contributed by atoms with van der Waals surface area (Å²) in [6.07, 6.45) is 3.07. The van der Waals surface area contributed by atoms with Crippen molar-refractivity contribution in [2.24, 2.45) is 5.92 Å². The molecule has 0 aromatic heterocycles. The van der Waals surface area contributed by atoms with Crippen molar-refractivity contribution in [2.45, 2.75) is 50.5 Å². The minimum atomic E-state index is -0.827. The molecule has 0 atom stereocenters. The average Bonchev–Trinajstić information content (AvgIpc) is 3.04. The number of hydrogen-bond acceptors (Lipinski definition) is 3. The summed E-state index contributed by atoms with van der Waals surface area (Å²) in [5.74, 6) is -0.0532. The Balaban J connectivity index is 1.45. The van der Waals surface area contributed by atoms with E-state index in [2.05, 4.69) is 24.5 Å². The molecule has 2 fully saturated rings. The maximum absolute atomic E-state index is 13.0. The van der Waals surface area contributed by atoms with Crippen LogP contribution in [0, 0.1) is 5.92 Å². The highest BCUT2D eigenvalue weighted by Gasteiger charge is 2.52. The molecule has 6 nitrogen and oxygen atoms in total. The van der Waals surface area contributed by atoms with Gasteiger partial charge < -0.3 is 10.6 Å². The summed E-state index contributed by atoms with van der Waals surface area (Å²) < 4.78 is 0. The standard InChI is InChI=1S/C26H31N3O3/c1-19-13-15-26(16-14-19)23(31)29(24(32)28-26)17-22(30)27-18-25(2,20-9-5-3-6-10-20)21-11-7-4-8-12-21/h3-12,19H,13-18H2,1-2H3,(H,27,30)(H,28,32). The van der Waals surface area contributed by atoms with Crippen LogP contribution >= 0.6 is 0 Å². The highest BCUT2D eigenvalue weighted by atomic mass is 16.2. The van der Waals surface area contributed by atoms with Crippen molar-refractivity contribution in [3.8, 4) is 0 Å². The maximum atomic E-state index is 13.0. The molecule has 4 rings (SSSR count). The van der Waals surface area contributed by atoms with Gasteiger partial charge in [-0.15, -0.1) is 0 Å². The molecule has 2 aromatic rings. The van der Waals surface area contributed by atoms with Crippen LogP contribution in [0.2, 0.25) is 0 Å². The van der Waals surface area contributed by atoms with Crippen molar-refractivity contribution in [2.75, 3.05) is 13.1 Å². The SMILES string of the molecule is CC1CCC2(CC1)NC(=O)N(CC(=O)NCC(C)(c1ccccc1)c1ccccc1)C2=O. The summed E-state index contributed by atoms with van der Waals surface area (Å²) in [5, 5.41) is 5.85. The monoisotopic (exact) mass is 433 g/mol. The first-order chi connectivity index (χ1) is 15.3. The summed E-state index contributed by atoms with van der Waals surface area (Å²) in [6, 6.07) is 19.6. The highest BCUT2D eigenvalue weighted by molar-refractivity contribution is 6.09. The number of benzene rings is 2. The molecule has 1 heterocycles. The average molecular weight is 434 g/mol. The molecule has 1 spiro atoms. The van der Waals surface area contributed by atoms with Crippen molar-refractivity contribution < 1.29 is 14.4 Å². The van der Waals surface area contributed by atoms with E-state index in [0.717, 1.165) is 28.9 Å². The van der Waals surface area contributed by atoms with Crippen molar-refractivity contribution in [1.29, 1.82) is 0 Å². The van der Waals surface area contributed by atoms with Crippen LogP contribution in [0.4, 0.5) is 4.79 Å². The summed E-state index contributed by atoms with van der Waals surface area (Å²) in [6.45, 7) is 4.34. The van der Waals surface area contributed by atoms with Crippen LogP contribution in [0.25, 0.3) is 0 Å². The second kappa shape index (κ2) is 8.77. The van der Waals surface area contributed by atoms with Gasteiger partial charge in [-0.05, 0) is 49.7 Å². The maximum Gasteiger partial charge on any atom is 0.325 e. The van der Waals surface area contributed by atoms with E-state index >= 15 is 0 Å². The quantitative estimate of drug-likeness (QED) is 0.683. The third kappa shape index (κ3) is 4.14. The van der Waals surface area contributed by atoms with Gasteiger partial charge in [0.2, 0.25) is 5.91 Å². The Morgan fingerprint density at radius 1 is 1.03 bits per heavy atom. The molecule has 1 saturated carbocycles. The van der Waals surface area contributed by atoms with Crippen LogP contribution in [-0.2, 0) is 15.0 Å². The molecule has 4 amide bonds. The van der Waals surface area contributed by atoms with Crippen LogP contribution in [0.3, 0.4) is 0 Å². The van der Waals surface area contributed by atoms with Crippen LogP contribution in [0.15, 0.2) is 60.7 Å². The molecule has 2 aliphatic rings. The van der Waals surface area contributed by atoms with Gasteiger partial charge in [0.25, 0.3) is 5.91 Å². The van der Waals surface area contributed by atoms with Gasteiger partial charge in [-0.3, -0.25) is 14.5 Å². The van der Waals surface area contributed by atoms with Crippen LogP contribution in [0.5, 0.6) is 0 Å². The summed E-state index contributed by atoms with van der Waals surface area (Å²) in [7, 11) is 0. The molecule has 0 unspecified atom stereocenters. The predicted molar refractivity (Wildman–Crippen MR) is 123 cm³/mol. The normalized spacial score (nSPS) is 23.3. The van der Waals surface area contributed by atoms with E-state index in [1.807, 2.05) is 60.7 Å². The molecule has 1 saturated heterocycles. The van der Waals surface area contributed by atoms with E-state index in [-0.39, 0.29) is 18.4 Å².